The fourth-order valence-corrected chi connectivity index (χ4v) is 1.90. The Morgan fingerprint density at radius 1 is 1.22 bits per heavy atom. The highest BCUT2D eigenvalue weighted by atomic mass is 19.1. The van der Waals surface area contributed by atoms with E-state index in [-0.39, 0.29) is 0 Å². The summed E-state index contributed by atoms with van der Waals surface area (Å²) >= 11 is 0. The first-order valence-corrected chi connectivity index (χ1v) is 5.92. The predicted molar refractivity (Wildman–Crippen MR) is 69.1 cm³/mol. The molecule has 0 bridgehead atoms. The number of aliphatic hydroxyl groups excluding tert-OH is 1. The lowest BCUT2D eigenvalue weighted by atomic mass is 9.95. The molecule has 0 aliphatic carbocycles. The van der Waals surface area contributed by atoms with E-state index in [4.69, 9.17) is 9.47 Å². The molecule has 3 nitrogen and oxygen atoms in total. The second-order valence-corrected chi connectivity index (χ2v) is 4.89. The van der Waals surface area contributed by atoms with E-state index in [9.17, 15) is 9.50 Å². The summed E-state index contributed by atoms with van der Waals surface area (Å²) in [6, 6.07) is 3.36. The van der Waals surface area contributed by atoms with Crippen LogP contribution in [0.2, 0.25) is 0 Å². The first-order valence-electron chi connectivity index (χ1n) is 5.92. The monoisotopic (exact) mass is 256 g/mol. The lowest BCUT2D eigenvalue weighted by Crippen LogP contribution is -2.13. The van der Waals surface area contributed by atoms with Gasteiger partial charge in [0.1, 0.15) is 17.2 Å². The molecule has 1 aromatic carbocycles. The number of benzene rings is 1. The lowest BCUT2D eigenvalue weighted by Gasteiger charge is -2.21. The summed E-state index contributed by atoms with van der Waals surface area (Å²) in [5, 5.41) is 9.45. The maximum atomic E-state index is 14.1. The molecule has 1 rings (SSSR count). The molecule has 0 aliphatic heterocycles. The summed E-state index contributed by atoms with van der Waals surface area (Å²) in [5.41, 5.74) is -0.268. The largest absolute Gasteiger partial charge is 0.496 e. The van der Waals surface area contributed by atoms with Crippen LogP contribution in [-0.2, 0) is 12.1 Å². The van der Waals surface area contributed by atoms with Gasteiger partial charge in [-0.05, 0) is 32.9 Å². The quantitative estimate of drug-likeness (QED) is 0.880. The van der Waals surface area contributed by atoms with Crippen molar-refractivity contribution in [3.63, 3.8) is 0 Å². The molecule has 1 N–H and O–H groups in total. The molecule has 0 heterocycles. The molecule has 0 radical (unpaired) electrons. The molecule has 0 amide bonds. The summed E-state index contributed by atoms with van der Waals surface area (Å²) in [6.45, 7) is 4.64. The van der Waals surface area contributed by atoms with E-state index >= 15 is 0 Å². The molecule has 4 heteroatoms. The van der Waals surface area contributed by atoms with Gasteiger partial charge in [0.2, 0.25) is 0 Å². The molecule has 1 unspecified atom stereocenters. The zero-order valence-corrected chi connectivity index (χ0v) is 11.6. The highest BCUT2D eigenvalue weighted by Gasteiger charge is 2.25. The standard InChI is InChI=1S/C14H21FO3/c1-9(16)6-10-7-13(18-5)11(14(2,3)15)8-12(10)17-4/h7-9,16H,6H2,1-5H3. The smallest absolute Gasteiger partial charge is 0.134 e. The van der Waals surface area contributed by atoms with Crippen LogP contribution in [0.25, 0.3) is 0 Å². The number of ether oxygens (including phenoxy) is 2. The van der Waals surface area contributed by atoms with Crippen molar-refractivity contribution in [2.24, 2.45) is 0 Å². The van der Waals surface area contributed by atoms with Gasteiger partial charge < -0.3 is 14.6 Å². The summed E-state index contributed by atoms with van der Waals surface area (Å²) in [4.78, 5) is 0. The van der Waals surface area contributed by atoms with Crippen LogP contribution in [0.15, 0.2) is 12.1 Å². The van der Waals surface area contributed by atoms with Crippen molar-refractivity contribution in [2.75, 3.05) is 14.2 Å². The Kier molecular flexibility index (Phi) is 4.57. The molecule has 0 aliphatic rings. The number of rotatable bonds is 5. The normalized spacial score (nSPS) is 13.3. The maximum absolute atomic E-state index is 14.1. The van der Waals surface area contributed by atoms with Crippen molar-refractivity contribution < 1.29 is 19.0 Å². The minimum absolute atomic E-state index is 0.437. The van der Waals surface area contributed by atoms with Gasteiger partial charge in [-0.1, -0.05) is 0 Å². The van der Waals surface area contributed by atoms with Gasteiger partial charge in [-0.2, -0.15) is 0 Å². The Labute approximate surface area is 108 Å². The van der Waals surface area contributed by atoms with Crippen molar-refractivity contribution in [1.82, 2.24) is 0 Å². The molecule has 0 fully saturated rings. The average molecular weight is 256 g/mol. The van der Waals surface area contributed by atoms with Crippen LogP contribution in [0.3, 0.4) is 0 Å². The zero-order chi connectivity index (χ0) is 13.9. The molecule has 1 aromatic rings. The molecular formula is C14H21FO3. The molecule has 0 saturated heterocycles. The minimum Gasteiger partial charge on any atom is -0.496 e. The number of methoxy groups -OCH3 is 2. The van der Waals surface area contributed by atoms with E-state index in [0.717, 1.165) is 5.56 Å². The second kappa shape index (κ2) is 5.57. The Hall–Kier alpha value is -1.29. The third-order valence-electron chi connectivity index (χ3n) is 2.76. The third kappa shape index (κ3) is 3.35. The third-order valence-corrected chi connectivity index (χ3v) is 2.76. The van der Waals surface area contributed by atoms with Crippen LogP contribution in [0.1, 0.15) is 31.9 Å². The highest BCUT2D eigenvalue weighted by molar-refractivity contribution is 5.49. The van der Waals surface area contributed by atoms with Gasteiger partial charge >= 0.3 is 0 Å². The maximum Gasteiger partial charge on any atom is 0.134 e. The fraction of sp³-hybridized carbons (Fsp3) is 0.571. The lowest BCUT2D eigenvalue weighted by molar-refractivity contribution is 0.193. The first-order chi connectivity index (χ1) is 8.29. The van der Waals surface area contributed by atoms with Crippen LogP contribution in [0.5, 0.6) is 11.5 Å². The highest BCUT2D eigenvalue weighted by Crippen LogP contribution is 2.38. The van der Waals surface area contributed by atoms with Crippen molar-refractivity contribution in [3.05, 3.63) is 23.3 Å². The van der Waals surface area contributed by atoms with Gasteiger partial charge in [0, 0.05) is 17.5 Å². The Balaban J connectivity index is 3.32. The number of aliphatic hydroxyl groups is 1. The predicted octanol–water partition coefficient (Wildman–Crippen LogP) is 2.83. The summed E-state index contributed by atoms with van der Waals surface area (Å²) in [7, 11) is 3.03. The summed E-state index contributed by atoms with van der Waals surface area (Å²) in [6.07, 6.45) is -0.0557. The van der Waals surface area contributed by atoms with E-state index < -0.39 is 11.8 Å². The molecule has 18 heavy (non-hydrogen) atoms. The minimum atomic E-state index is -1.51. The summed E-state index contributed by atoms with van der Waals surface area (Å²) < 4.78 is 24.6. The molecule has 0 aromatic heterocycles. The van der Waals surface area contributed by atoms with Crippen molar-refractivity contribution >= 4 is 0 Å². The molecule has 1 atom stereocenters. The van der Waals surface area contributed by atoms with Crippen LogP contribution < -0.4 is 9.47 Å². The van der Waals surface area contributed by atoms with E-state index in [2.05, 4.69) is 0 Å². The fourth-order valence-electron chi connectivity index (χ4n) is 1.90. The molecular weight excluding hydrogens is 235 g/mol. The SMILES string of the molecule is COc1cc(C(C)(C)F)c(OC)cc1CC(C)O. The van der Waals surface area contributed by atoms with Gasteiger partial charge in [-0.25, -0.2) is 4.39 Å². The summed E-state index contributed by atoms with van der Waals surface area (Å²) in [5.74, 6) is 1.04. The molecule has 0 saturated carbocycles. The van der Waals surface area contributed by atoms with Crippen LogP contribution in [0.4, 0.5) is 4.39 Å². The van der Waals surface area contributed by atoms with Gasteiger partial charge in [-0.3, -0.25) is 0 Å². The number of alkyl halides is 1. The average Bonchev–Trinajstić information content (AvgIpc) is 2.26. The molecule has 0 spiro atoms. The van der Waals surface area contributed by atoms with Crippen molar-refractivity contribution in [3.8, 4) is 11.5 Å². The molecule has 102 valence electrons. The first kappa shape index (κ1) is 14.8. The van der Waals surface area contributed by atoms with Crippen LogP contribution in [-0.4, -0.2) is 25.4 Å². The Morgan fingerprint density at radius 3 is 2.17 bits per heavy atom. The Bertz CT molecular complexity index is 408. The van der Waals surface area contributed by atoms with E-state index in [1.165, 1.54) is 28.1 Å². The topological polar surface area (TPSA) is 38.7 Å². The van der Waals surface area contributed by atoms with Crippen LogP contribution >= 0.6 is 0 Å². The van der Waals surface area contributed by atoms with E-state index in [1.54, 1.807) is 19.1 Å². The van der Waals surface area contributed by atoms with Crippen molar-refractivity contribution in [1.29, 1.82) is 0 Å². The van der Waals surface area contributed by atoms with Gasteiger partial charge in [0.25, 0.3) is 0 Å². The number of hydrogen-bond acceptors (Lipinski definition) is 3. The van der Waals surface area contributed by atoms with Gasteiger partial charge in [0.05, 0.1) is 20.3 Å². The second-order valence-electron chi connectivity index (χ2n) is 4.89. The van der Waals surface area contributed by atoms with Gasteiger partial charge in [0.15, 0.2) is 0 Å². The zero-order valence-electron chi connectivity index (χ0n) is 11.6. The number of halogens is 1. The van der Waals surface area contributed by atoms with E-state index in [1.807, 2.05) is 0 Å². The Morgan fingerprint density at radius 2 is 1.78 bits per heavy atom. The van der Waals surface area contributed by atoms with Gasteiger partial charge in [-0.15, -0.1) is 0 Å². The number of hydrogen-bond donors (Lipinski definition) is 1. The van der Waals surface area contributed by atoms with Crippen molar-refractivity contribution in [2.45, 2.75) is 39.0 Å². The van der Waals surface area contributed by atoms with E-state index in [0.29, 0.717) is 23.5 Å². The van der Waals surface area contributed by atoms with Crippen LogP contribution in [0, 0.1) is 0 Å².